The van der Waals surface area contributed by atoms with Crippen molar-refractivity contribution in [1.82, 2.24) is 20.1 Å². The molecule has 3 heterocycles. The minimum Gasteiger partial charge on any atom is -0.438 e. The molecule has 0 spiro atoms. The molecular formula is C28H29N5O3. The molecule has 1 amide bonds. The molecule has 1 saturated heterocycles. The van der Waals surface area contributed by atoms with Crippen LogP contribution in [-0.4, -0.2) is 32.7 Å². The summed E-state index contributed by atoms with van der Waals surface area (Å²) in [7, 11) is 0. The SMILES string of the molecule is Cc1nnc(CC[C@]2(c3ccccc3)CCN([C@@H](C)c3ccc(-c4ccc(N)cn4)cc3)C(=O)O2)o1. The van der Waals surface area contributed by atoms with Gasteiger partial charge in [-0.25, -0.2) is 4.79 Å². The second kappa shape index (κ2) is 9.81. The summed E-state index contributed by atoms with van der Waals surface area (Å²) in [6, 6.07) is 21.6. The van der Waals surface area contributed by atoms with Crippen LogP contribution < -0.4 is 5.73 Å². The van der Waals surface area contributed by atoms with Gasteiger partial charge in [0.25, 0.3) is 0 Å². The highest BCUT2D eigenvalue weighted by molar-refractivity contribution is 5.70. The van der Waals surface area contributed by atoms with E-state index >= 15 is 0 Å². The maximum Gasteiger partial charge on any atom is 0.411 e. The Morgan fingerprint density at radius 3 is 2.47 bits per heavy atom. The smallest absolute Gasteiger partial charge is 0.411 e. The average Bonchev–Trinajstić information content (AvgIpc) is 3.33. The first-order valence-corrected chi connectivity index (χ1v) is 12.1. The number of amides is 1. The van der Waals surface area contributed by atoms with Gasteiger partial charge >= 0.3 is 6.09 Å². The van der Waals surface area contributed by atoms with Crippen molar-refractivity contribution in [2.24, 2.45) is 0 Å². The van der Waals surface area contributed by atoms with Gasteiger partial charge in [0.1, 0.15) is 5.60 Å². The lowest BCUT2D eigenvalue weighted by atomic mass is 9.84. The highest BCUT2D eigenvalue weighted by Gasteiger charge is 2.43. The first-order chi connectivity index (χ1) is 17.4. The van der Waals surface area contributed by atoms with Gasteiger partial charge in [-0.15, -0.1) is 10.2 Å². The van der Waals surface area contributed by atoms with E-state index in [-0.39, 0.29) is 12.1 Å². The van der Waals surface area contributed by atoms with Crippen LogP contribution in [0.1, 0.15) is 48.7 Å². The highest BCUT2D eigenvalue weighted by Crippen LogP contribution is 2.40. The first-order valence-electron chi connectivity index (χ1n) is 12.1. The second-order valence-electron chi connectivity index (χ2n) is 9.16. The van der Waals surface area contributed by atoms with E-state index in [9.17, 15) is 4.79 Å². The van der Waals surface area contributed by atoms with E-state index in [0.29, 0.717) is 43.3 Å². The van der Waals surface area contributed by atoms with Gasteiger partial charge in [0.05, 0.1) is 23.6 Å². The van der Waals surface area contributed by atoms with Crippen molar-refractivity contribution in [2.45, 2.75) is 44.8 Å². The lowest BCUT2D eigenvalue weighted by Gasteiger charge is -2.43. The molecule has 0 saturated carbocycles. The monoisotopic (exact) mass is 483 g/mol. The number of hydrogen-bond acceptors (Lipinski definition) is 7. The van der Waals surface area contributed by atoms with Crippen LogP contribution in [0.3, 0.4) is 0 Å². The lowest BCUT2D eigenvalue weighted by Crippen LogP contribution is -2.49. The molecule has 1 fully saturated rings. The summed E-state index contributed by atoms with van der Waals surface area (Å²) < 4.78 is 11.8. The van der Waals surface area contributed by atoms with Gasteiger partial charge < -0.3 is 19.8 Å². The van der Waals surface area contributed by atoms with Gasteiger partial charge in [-0.2, -0.15) is 0 Å². The van der Waals surface area contributed by atoms with Crippen molar-refractivity contribution in [3.8, 4) is 11.3 Å². The van der Waals surface area contributed by atoms with Gasteiger partial charge in [-0.3, -0.25) is 4.98 Å². The maximum atomic E-state index is 13.4. The summed E-state index contributed by atoms with van der Waals surface area (Å²) >= 11 is 0. The Morgan fingerprint density at radius 2 is 1.83 bits per heavy atom. The Kier molecular flexibility index (Phi) is 6.41. The molecular weight excluding hydrogens is 454 g/mol. The number of pyridine rings is 1. The van der Waals surface area contributed by atoms with Crippen LogP contribution in [0.15, 0.2) is 77.3 Å². The summed E-state index contributed by atoms with van der Waals surface area (Å²) in [6.07, 6.45) is 3.07. The molecule has 2 aromatic heterocycles. The number of rotatable bonds is 7. The molecule has 8 heteroatoms. The van der Waals surface area contributed by atoms with E-state index in [1.807, 2.05) is 73.7 Å². The largest absolute Gasteiger partial charge is 0.438 e. The van der Waals surface area contributed by atoms with Crippen LogP contribution in [-0.2, 0) is 16.8 Å². The molecule has 2 N–H and O–H groups in total. The lowest BCUT2D eigenvalue weighted by molar-refractivity contribution is -0.0660. The predicted molar refractivity (Wildman–Crippen MR) is 136 cm³/mol. The van der Waals surface area contributed by atoms with Gasteiger partial charge in [0, 0.05) is 38.3 Å². The van der Waals surface area contributed by atoms with Crippen LogP contribution >= 0.6 is 0 Å². The summed E-state index contributed by atoms with van der Waals surface area (Å²) in [5.74, 6) is 1.07. The van der Waals surface area contributed by atoms with E-state index in [1.54, 1.807) is 18.0 Å². The molecule has 0 radical (unpaired) electrons. The van der Waals surface area contributed by atoms with Crippen molar-refractivity contribution < 1.29 is 13.9 Å². The number of aryl methyl sites for hydroxylation is 2. The van der Waals surface area contributed by atoms with Crippen LogP contribution in [0.25, 0.3) is 11.3 Å². The Hall–Kier alpha value is -4.20. The zero-order valence-corrected chi connectivity index (χ0v) is 20.4. The Bertz CT molecular complexity index is 1320. The van der Waals surface area contributed by atoms with E-state index in [1.165, 1.54) is 0 Å². The van der Waals surface area contributed by atoms with Crippen molar-refractivity contribution in [2.75, 3.05) is 12.3 Å². The zero-order chi connectivity index (χ0) is 25.1. The first kappa shape index (κ1) is 23.5. The number of nitrogens with two attached hydrogens (primary N) is 1. The van der Waals surface area contributed by atoms with Crippen LogP contribution in [0, 0.1) is 6.92 Å². The number of carbonyl (C=O) groups is 1. The molecule has 0 unspecified atom stereocenters. The number of cyclic esters (lactones) is 1. The van der Waals surface area contributed by atoms with Crippen LogP contribution in [0.5, 0.6) is 0 Å². The third-order valence-corrected chi connectivity index (χ3v) is 6.83. The van der Waals surface area contributed by atoms with Crippen molar-refractivity contribution in [3.63, 3.8) is 0 Å². The number of nitrogen functional groups attached to an aromatic ring is 1. The zero-order valence-electron chi connectivity index (χ0n) is 20.4. The molecule has 36 heavy (non-hydrogen) atoms. The normalized spacial score (nSPS) is 18.6. The molecule has 1 aliphatic rings. The average molecular weight is 484 g/mol. The minimum absolute atomic E-state index is 0.140. The van der Waals surface area contributed by atoms with Crippen molar-refractivity contribution >= 4 is 11.8 Å². The van der Waals surface area contributed by atoms with Gasteiger partial charge in [0.2, 0.25) is 11.8 Å². The quantitative estimate of drug-likeness (QED) is 0.372. The molecule has 2 aromatic carbocycles. The molecule has 0 bridgehead atoms. The van der Waals surface area contributed by atoms with Gasteiger partial charge in [-0.05, 0) is 30.2 Å². The van der Waals surface area contributed by atoms with E-state index in [2.05, 4.69) is 15.2 Å². The summed E-state index contributed by atoms with van der Waals surface area (Å²) in [5, 5.41) is 8.03. The summed E-state index contributed by atoms with van der Waals surface area (Å²) in [6.45, 7) is 4.36. The third-order valence-electron chi connectivity index (χ3n) is 6.83. The van der Waals surface area contributed by atoms with Gasteiger partial charge in [0.15, 0.2) is 0 Å². The molecule has 5 rings (SSSR count). The molecule has 1 aliphatic heterocycles. The Morgan fingerprint density at radius 1 is 1.06 bits per heavy atom. The molecule has 4 aromatic rings. The van der Waals surface area contributed by atoms with Crippen molar-refractivity contribution in [1.29, 1.82) is 0 Å². The molecule has 184 valence electrons. The highest BCUT2D eigenvalue weighted by atomic mass is 16.6. The number of aromatic nitrogens is 3. The predicted octanol–water partition coefficient (Wildman–Crippen LogP) is 5.45. The third kappa shape index (κ3) is 4.79. The fraction of sp³-hybridized carbons (Fsp3) is 0.286. The standard InChI is InChI=1S/C28H29N5O3/c1-19(21-8-10-22(11-9-21)25-13-12-24(29)18-30-25)33-17-16-28(36-27(33)34,23-6-4-3-5-7-23)15-14-26-32-31-20(2)35-26/h3-13,18-19H,14-17,29H2,1-2H3/t19-,28+/m0/s1. The second-order valence-corrected chi connectivity index (χ2v) is 9.16. The maximum absolute atomic E-state index is 13.4. The van der Waals surface area contributed by atoms with E-state index in [4.69, 9.17) is 14.9 Å². The molecule has 0 aliphatic carbocycles. The fourth-order valence-corrected chi connectivity index (χ4v) is 4.72. The number of nitrogens with zero attached hydrogens (tertiary/aromatic N) is 4. The number of hydrogen-bond donors (Lipinski definition) is 1. The Balaban J connectivity index is 1.32. The number of carbonyl (C=O) groups excluding carboxylic acids is 1. The molecule has 2 atom stereocenters. The van der Waals surface area contributed by atoms with E-state index < -0.39 is 5.60 Å². The number of ether oxygens (including phenoxy) is 1. The Labute approximate surface area is 210 Å². The topological polar surface area (TPSA) is 107 Å². The van der Waals surface area contributed by atoms with Crippen molar-refractivity contribution in [3.05, 3.63) is 95.8 Å². The van der Waals surface area contributed by atoms with Crippen LogP contribution in [0.2, 0.25) is 0 Å². The van der Waals surface area contributed by atoms with Gasteiger partial charge in [-0.1, -0.05) is 54.6 Å². The number of anilines is 1. The number of benzene rings is 2. The fourth-order valence-electron chi connectivity index (χ4n) is 4.72. The summed E-state index contributed by atoms with van der Waals surface area (Å²) in [4.78, 5) is 19.5. The van der Waals surface area contributed by atoms with E-state index in [0.717, 1.165) is 22.4 Å². The van der Waals surface area contributed by atoms with Crippen LogP contribution in [0.4, 0.5) is 10.5 Å². The molecule has 8 nitrogen and oxygen atoms in total. The summed E-state index contributed by atoms with van der Waals surface area (Å²) in [5.41, 5.74) is 9.48. The minimum atomic E-state index is -0.748.